The van der Waals surface area contributed by atoms with E-state index in [1.165, 1.54) is 0 Å². The van der Waals surface area contributed by atoms with Gasteiger partial charge in [0.05, 0.1) is 24.9 Å². The number of para-hydroxylation sites is 2. The molecule has 1 atom stereocenters. The summed E-state index contributed by atoms with van der Waals surface area (Å²) in [5, 5.41) is 18.7. The zero-order valence-electron chi connectivity index (χ0n) is 18.8. The zero-order valence-corrected chi connectivity index (χ0v) is 18.8. The molecule has 1 unspecified atom stereocenters. The maximum Gasteiger partial charge on any atom is 0.411 e. The number of pyridine rings is 1. The summed E-state index contributed by atoms with van der Waals surface area (Å²) >= 11 is 0. The predicted molar refractivity (Wildman–Crippen MR) is 131 cm³/mol. The number of hydrogen-bond donors (Lipinski definition) is 3. The van der Waals surface area contributed by atoms with Crippen LogP contribution in [0, 0.1) is 5.92 Å². The molecule has 170 valence electrons. The molecular weight excluding hydrogens is 418 g/mol. The summed E-state index contributed by atoms with van der Waals surface area (Å²) in [5.41, 5.74) is 3.36. The quantitative estimate of drug-likeness (QED) is 0.249. The maximum atomic E-state index is 12.0. The fourth-order valence-electron chi connectivity index (χ4n) is 3.61. The first-order valence-electron chi connectivity index (χ1n) is 10.8. The standard InChI is InChI=1S/C26H27N3O4/c1-16(2)15-33-26(31)27-18-9-6-8-17(14-18)25(30)29-23-19-10-4-5-12-21(19)28-24-20(23)11-7-13-22(24)32-3/h4-14,16,25,30H,15H2,1-3H3,(H,27,31)(H,28,29). The smallest absolute Gasteiger partial charge is 0.411 e. The number of carbonyl (C=O) groups is 1. The van der Waals surface area contributed by atoms with Gasteiger partial charge in [-0.1, -0.05) is 56.3 Å². The molecule has 33 heavy (non-hydrogen) atoms. The third-order valence-electron chi connectivity index (χ3n) is 5.17. The van der Waals surface area contributed by atoms with Crippen LogP contribution in [0.3, 0.4) is 0 Å². The lowest BCUT2D eigenvalue weighted by Crippen LogP contribution is -2.17. The van der Waals surface area contributed by atoms with Gasteiger partial charge in [-0.2, -0.15) is 0 Å². The first-order valence-corrected chi connectivity index (χ1v) is 10.8. The minimum absolute atomic E-state index is 0.247. The van der Waals surface area contributed by atoms with Gasteiger partial charge in [0.2, 0.25) is 0 Å². The monoisotopic (exact) mass is 445 g/mol. The van der Waals surface area contributed by atoms with E-state index in [1.54, 1.807) is 31.4 Å². The van der Waals surface area contributed by atoms with Crippen molar-refractivity contribution < 1.29 is 19.4 Å². The molecule has 7 heteroatoms. The second-order valence-electron chi connectivity index (χ2n) is 8.15. The molecule has 4 aromatic rings. The Labute approximate surface area is 192 Å². The summed E-state index contributed by atoms with van der Waals surface area (Å²) in [7, 11) is 1.61. The van der Waals surface area contributed by atoms with Gasteiger partial charge in [-0.05, 0) is 30.2 Å². The molecule has 0 aliphatic carbocycles. The van der Waals surface area contributed by atoms with Crippen LogP contribution in [0.4, 0.5) is 16.2 Å². The van der Waals surface area contributed by atoms with Gasteiger partial charge in [-0.3, -0.25) is 5.32 Å². The molecule has 0 aliphatic rings. The number of benzene rings is 3. The normalized spacial score (nSPS) is 12.0. The van der Waals surface area contributed by atoms with E-state index in [0.29, 0.717) is 29.1 Å². The van der Waals surface area contributed by atoms with Gasteiger partial charge < -0.3 is 19.9 Å². The van der Waals surface area contributed by atoms with Crippen LogP contribution in [0.1, 0.15) is 25.6 Å². The molecule has 3 aromatic carbocycles. The highest BCUT2D eigenvalue weighted by Gasteiger charge is 2.16. The van der Waals surface area contributed by atoms with E-state index >= 15 is 0 Å². The van der Waals surface area contributed by atoms with Crippen molar-refractivity contribution in [1.29, 1.82) is 0 Å². The number of rotatable bonds is 7. The van der Waals surface area contributed by atoms with Gasteiger partial charge in [0.15, 0.2) is 6.23 Å². The van der Waals surface area contributed by atoms with Gasteiger partial charge in [0.25, 0.3) is 0 Å². The molecule has 0 bridgehead atoms. The Morgan fingerprint density at radius 3 is 2.58 bits per heavy atom. The minimum atomic E-state index is -1.03. The summed E-state index contributed by atoms with van der Waals surface area (Å²) in [6.07, 6.45) is -1.56. The predicted octanol–water partition coefficient (Wildman–Crippen LogP) is 5.70. The van der Waals surface area contributed by atoms with Crippen molar-refractivity contribution >= 4 is 39.3 Å². The number of methoxy groups -OCH3 is 1. The van der Waals surface area contributed by atoms with E-state index in [9.17, 15) is 9.90 Å². The van der Waals surface area contributed by atoms with Crippen molar-refractivity contribution in [1.82, 2.24) is 4.98 Å². The molecule has 0 fully saturated rings. The molecule has 0 saturated heterocycles. The molecule has 0 aliphatic heterocycles. The van der Waals surface area contributed by atoms with E-state index in [-0.39, 0.29) is 5.92 Å². The van der Waals surface area contributed by atoms with Crippen LogP contribution in [-0.2, 0) is 4.74 Å². The maximum absolute atomic E-state index is 12.0. The van der Waals surface area contributed by atoms with Crippen molar-refractivity contribution in [3.8, 4) is 5.75 Å². The first kappa shape index (κ1) is 22.4. The van der Waals surface area contributed by atoms with Gasteiger partial charge in [0, 0.05) is 22.0 Å². The SMILES string of the molecule is COc1cccc2c(NC(O)c3cccc(NC(=O)OCC(C)C)c3)c3ccccc3nc12. The van der Waals surface area contributed by atoms with E-state index in [4.69, 9.17) is 14.5 Å². The Balaban J connectivity index is 1.65. The average molecular weight is 446 g/mol. The summed E-state index contributed by atoms with van der Waals surface area (Å²) < 4.78 is 10.7. The molecule has 3 N–H and O–H groups in total. The molecular formula is C26H27N3O4. The second-order valence-corrected chi connectivity index (χ2v) is 8.15. The van der Waals surface area contributed by atoms with Crippen molar-refractivity contribution in [2.75, 3.05) is 24.4 Å². The second kappa shape index (κ2) is 9.75. The Bertz CT molecular complexity index is 1290. The van der Waals surface area contributed by atoms with E-state index in [2.05, 4.69) is 10.6 Å². The third-order valence-corrected chi connectivity index (χ3v) is 5.17. The Kier molecular flexibility index (Phi) is 6.60. The van der Waals surface area contributed by atoms with Crippen LogP contribution in [0.15, 0.2) is 66.7 Å². The molecule has 1 aromatic heterocycles. The van der Waals surface area contributed by atoms with Crippen LogP contribution < -0.4 is 15.4 Å². The van der Waals surface area contributed by atoms with Gasteiger partial charge in [0.1, 0.15) is 11.3 Å². The number of nitrogens with zero attached hydrogens (tertiary/aromatic N) is 1. The highest BCUT2D eigenvalue weighted by molar-refractivity contribution is 6.09. The molecule has 1 amide bonds. The van der Waals surface area contributed by atoms with Crippen molar-refractivity contribution in [2.24, 2.45) is 5.92 Å². The van der Waals surface area contributed by atoms with Crippen molar-refractivity contribution in [3.63, 3.8) is 0 Å². The molecule has 7 nitrogen and oxygen atoms in total. The summed E-state index contributed by atoms with van der Waals surface area (Å²) in [6, 6.07) is 20.4. The van der Waals surface area contributed by atoms with Gasteiger partial charge in [-0.25, -0.2) is 9.78 Å². The number of aliphatic hydroxyl groups is 1. The van der Waals surface area contributed by atoms with Crippen molar-refractivity contribution in [2.45, 2.75) is 20.1 Å². The number of hydrogen-bond acceptors (Lipinski definition) is 6. The zero-order chi connectivity index (χ0) is 23.4. The number of aliphatic hydroxyl groups excluding tert-OH is 1. The Morgan fingerprint density at radius 2 is 1.79 bits per heavy atom. The van der Waals surface area contributed by atoms with E-state index < -0.39 is 12.3 Å². The van der Waals surface area contributed by atoms with Crippen LogP contribution in [-0.4, -0.2) is 29.9 Å². The molecule has 4 rings (SSSR count). The number of aromatic nitrogens is 1. The lowest BCUT2D eigenvalue weighted by molar-refractivity contribution is 0.147. The van der Waals surface area contributed by atoms with Crippen molar-refractivity contribution in [3.05, 3.63) is 72.3 Å². The summed E-state index contributed by atoms with van der Waals surface area (Å²) in [6.45, 7) is 4.28. The van der Waals surface area contributed by atoms with E-state index in [1.807, 2.05) is 56.3 Å². The fraction of sp³-hybridized carbons (Fsp3) is 0.231. The number of fused-ring (bicyclic) bond motifs is 2. The summed E-state index contributed by atoms with van der Waals surface area (Å²) in [4.78, 5) is 16.8. The van der Waals surface area contributed by atoms with Gasteiger partial charge >= 0.3 is 6.09 Å². The number of ether oxygens (including phenoxy) is 2. The number of carbonyl (C=O) groups excluding carboxylic acids is 1. The first-order chi connectivity index (χ1) is 16.0. The van der Waals surface area contributed by atoms with E-state index in [0.717, 1.165) is 22.0 Å². The molecule has 0 spiro atoms. The average Bonchev–Trinajstić information content (AvgIpc) is 2.82. The summed E-state index contributed by atoms with van der Waals surface area (Å²) in [5.74, 6) is 0.902. The Hall–Kier alpha value is -3.84. The number of nitrogens with one attached hydrogen (secondary N) is 2. The van der Waals surface area contributed by atoms with Gasteiger partial charge in [-0.15, -0.1) is 0 Å². The molecule has 1 heterocycles. The van der Waals surface area contributed by atoms with Crippen LogP contribution >= 0.6 is 0 Å². The highest BCUT2D eigenvalue weighted by Crippen LogP contribution is 2.36. The molecule has 0 radical (unpaired) electrons. The lowest BCUT2D eigenvalue weighted by Gasteiger charge is -2.19. The Morgan fingerprint density at radius 1 is 1.03 bits per heavy atom. The highest BCUT2D eigenvalue weighted by atomic mass is 16.5. The largest absolute Gasteiger partial charge is 0.494 e. The number of amides is 1. The third kappa shape index (κ3) is 4.99. The van der Waals surface area contributed by atoms with Crippen LogP contribution in [0.25, 0.3) is 21.8 Å². The minimum Gasteiger partial charge on any atom is -0.494 e. The molecule has 0 saturated carbocycles. The van der Waals surface area contributed by atoms with Crippen LogP contribution in [0.2, 0.25) is 0 Å². The fourth-order valence-corrected chi connectivity index (χ4v) is 3.61. The van der Waals surface area contributed by atoms with Crippen LogP contribution in [0.5, 0.6) is 5.75 Å². The number of anilines is 2. The topological polar surface area (TPSA) is 92.7 Å². The lowest BCUT2D eigenvalue weighted by atomic mass is 10.1.